The number of amides is 1. The number of hydrogen-bond donors (Lipinski definition) is 2. The number of rotatable bonds is 4. The molecule has 5 nitrogen and oxygen atoms in total. The van der Waals surface area contributed by atoms with Crippen LogP contribution < -0.4 is 5.32 Å². The lowest BCUT2D eigenvalue weighted by Crippen LogP contribution is -2.40. The van der Waals surface area contributed by atoms with E-state index in [-0.39, 0.29) is 5.76 Å². The summed E-state index contributed by atoms with van der Waals surface area (Å²) in [7, 11) is 0. The van der Waals surface area contributed by atoms with Crippen molar-refractivity contribution in [1.82, 2.24) is 5.32 Å². The van der Waals surface area contributed by atoms with Crippen molar-refractivity contribution in [1.29, 1.82) is 0 Å². The molecule has 1 aromatic carbocycles. The summed E-state index contributed by atoms with van der Waals surface area (Å²) < 4.78 is 5.54. The molecule has 2 atom stereocenters. The average molecular weight is 310 g/mol. The summed E-state index contributed by atoms with van der Waals surface area (Å²) in [6, 6.07) is 4.77. The lowest BCUT2D eigenvalue weighted by atomic mass is 10.0. The number of carboxylic acid groups (broad SMARTS) is 1. The van der Waals surface area contributed by atoms with Crippen LogP contribution in [0.5, 0.6) is 0 Å². The van der Waals surface area contributed by atoms with Gasteiger partial charge in [0.05, 0.1) is 10.9 Å². The second-order valence-corrected chi connectivity index (χ2v) is 5.47. The Hall–Kier alpha value is -2.01. The molecule has 0 radical (unpaired) electrons. The first kappa shape index (κ1) is 15.4. The number of aliphatic carboxylic acids is 1. The van der Waals surface area contributed by atoms with E-state index in [4.69, 9.17) is 21.1 Å². The monoisotopic (exact) mass is 309 g/mol. The van der Waals surface area contributed by atoms with Crippen LogP contribution in [0.2, 0.25) is 5.02 Å². The molecule has 1 heterocycles. The zero-order valence-electron chi connectivity index (χ0n) is 11.9. The maximum atomic E-state index is 12.2. The second-order valence-electron chi connectivity index (χ2n) is 5.06. The standard InChI is InChI=1S/C15H16ClNO4/c1-7(15(19)20)9(3)17-14(18)12-8(2)10-5-4-6-11(16)13(10)21-12/h4-7,9H,1-3H3,(H,17,18)(H,19,20). The molecule has 0 aliphatic rings. The van der Waals surface area contributed by atoms with Crippen molar-refractivity contribution in [3.63, 3.8) is 0 Å². The molecular weight excluding hydrogens is 294 g/mol. The molecule has 1 amide bonds. The molecule has 2 aromatic rings. The van der Waals surface area contributed by atoms with Gasteiger partial charge < -0.3 is 14.8 Å². The Balaban J connectivity index is 2.30. The molecule has 0 saturated carbocycles. The summed E-state index contributed by atoms with van der Waals surface area (Å²) in [5.74, 6) is -1.95. The summed E-state index contributed by atoms with van der Waals surface area (Å²) in [6.45, 7) is 4.94. The highest BCUT2D eigenvalue weighted by molar-refractivity contribution is 6.35. The van der Waals surface area contributed by atoms with Gasteiger partial charge in [-0.25, -0.2) is 0 Å². The highest BCUT2D eigenvalue weighted by atomic mass is 35.5. The molecule has 2 N–H and O–H groups in total. The summed E-state index contributed by atoms with van der Waals surface area (Å²) in [6.07, 6.45) is 0. The van der Waals surface area contributed by atoms with Crippen LogP contribution in [-0.4, -0.2) is 23.0 Å². The van der Waals surface area contributed by atoms with Gasteiger partial charge in [-0.15, -0.1) is 0 Å². The Bertz CT molecular complexity index is 707. The number of carbonyl (C=O) groups excluding carboxylic acids is 1. The topological polar surface area (TPSA) is 79.5 Å². The summed E-state index contributed by atoms with van der Waals surface area (Å²) in [5, 5.41) is 12.8. The van der Waals surface area contributed by atoms with E-state index >= 15 is 0 Å². The predicted octanol–water partition coefficient (Wildman–Crippen LogP) is 3.23. The van der Waals surface area contributed by atoms with E-state index in [0.29, 0.717) is 16.2 Å². The Kier molecular flexibility index (Phi) is 4.23. The van der Waals surface area contributed by atoms with Crippen molar-refractivity contribution in [2.24, 2.45) is 5.92 Å². The van der Waals surface area contributed by atoms with Crippen LogP contribution in [-0.2, 0) is 4.79 Å². The second kappa shape index (κ2) is 5.77. The molecule has 1 aromatic heterocycles. The van der Waals surface area contributed by atoms with Crippen LogP contribution in [0.4, 0.5) is 0 Å². The van der Waals surface area contributed by atoms with E-state index in [2.05, 4.69) is 5.32 Å². The quantitative estimate of drug-likeness (QED) is 0.908. The normalized spacial score (nSPS) is 13.9. The van der Waals surface area contributed by atoms with Crippen molar-refractivity contribution in [2.75, 3.05) is 0 Å². The highest BCUT2D eigenvalue weighted by Gasteiger charge is 2.25. The van der Waals surface area contributed by atoms with Crippen LogP contribution in [0.15, 0.2) is 22.6 Å². The molecule has 2 rings (SSSR count). The number of nitrogens with one attached hydrogen (secondary N) is 1. The molecule has 0 bridgehead atoms. The van der Waals surface area contributed by atoms with E-state index in [0.717, 1.165) is 5.39 Å². The zero-order chi connectivity index (χ0) is 15.7. The number of halogens is 1. The fraction of sp³-hybridized carbons (Fsp3) is 0.333. The molecule has 0 saturated heterocycles. The molecule has 6 heteroatoms. The van der Waals surface area contributed by atoms with Crippen LogP contribution >= 0.6 is 11.6 Å². The molecule has 0 aliphatic heterocycles. The smallest absolute Gasteiger partial charge is 0.308 e. The van der Waals surface area contributed by atoms with Crippen LogP contribution in [0.1, 0.15) is 30.0 Å². The lowest BCUT2D eigenvalue weighted by molar-refractivity contribution is -0.141. The SMILES string of the molecule is Cc1c(C(=O)NC(C)C(C)C(=O)O)oc2c(Cl)cccc12. The number of aryl methyl sites for hydroxylation is 1. The first-order valence-electron chi connectivity index (χ1n) is 6.54. The van der Waals surface area contributed by atoms with Gasteiger partial charge in [0, 0.05) is 17.0 Å². The highest BCUT2D eigenvalue weighted by Crippen LogP contribution is 2.30. The minimum atomic E-state index is -0.966. The van der Waals surface area contributed by atoms with Gasteiger partial charge in [-0.2, -0.15) is 0 Å². The van der Waals surface area contributed by atoms with Crippen LogP contribution in [0, 0.1) is 12.8 Å². The molecule has 2 unspecified atom stereocenters. The van der Waals surface area contributed by atoms with Crippen molar-refractivity contribution < 1.29 is 19.1 Å². The minimum Gasteiger partial charge on any atom is -0.481 e. The molecule has 0 spiro atoms. The van der Waals surface area contributed by atoms with Crippen molar-refractivity contribution in [3.05, 3.63) is 34.5 Å². The summed E-state index contributed by atoms with van der Waals surface area (Å²) in [5.41, 5.74) is 1.14. The first-order chi connectivity index (χ1) is 9.82. The van der Waals surface area contributed by atoms with Crippen molar-refractivity contribution in [2.45, 2.75) is 26.8 Å². The van der Waals surface area contributed by atoms with Gasteiger partial charge in [0.1, 0.15) is 0 Å². The maximum absolute atomic E-state index is 12.2. The molecule has 0 aliphatic carbocycles. The molecule has 21 heavy (non-hydrogen) atoms. The average Bonchev–Trinajstić information content (AvgIpc) is 2.77. The largest absolute Gasteiger partial charge is 0.481 e. The minimum absolute atomic E-state index is 0.155. The Morgan fingerprint density at radius 2 is 2.00 bits per heavy atom. The Morgan fingerprint density at radius 3 is 2.57 bits per heavy atom. The van der Waals surface area contributed by atoms with Gasteiger partial charge in [0.2, 0.25) is 0 Å². The van der Waals surface area contributed by atoms with Crippen LogP contribution in [0.25, 0.3) is 11.0 Å². The third-order valence-corrected chi connectivity index (χ3v) is 3.92. The van der Waals surface area contributed by atoms with Gasteiger partial charge in [-0.1, -0.05) is 23.7 Å². The number of furan rings is 1. The van der Waals surface area contributed by atoms with Gasteiger partial charge in [-0.05, 0) is 26.8 Å². The van der Waals surface area contributed by atoms with E-state index in [9.17, 15) is 9.59 Å². The van der Waals surface area contributed by atoms with E-state index < -0.39 is 23.8 Å². The number of benzene rings is 1. The van der Waals surface area contributed by atoms with Gasteiger partial charge >= 0.3 is 5.97 Å². The number of carboxylic acids is 1. The predicted molar refractivity (Wildman–Crippen MR) is 79.7 cm³/mol. The Labute approximate surface area is 126 Å². The van der Waals surface area contributed by atoms with E-state index in [1.54, 1.807) is 26.0 Å². The van der Waals surface area contributed by atoms with Crippen molar-refractivity contribution in [3.8, 4) is 0 Å². The Morgan fingerprint density at radius 1 is 1.33 bits per heavy atom. The fourth-order valence-electron chi connectivity index (χ4n) is 2.04. The maximum Gasteiger partial charge on any atom is 0.308 e. The number of hydrogen-bond acceptors (Lipinski definition) is 3. The number of para-hydroxylation sites is 1. The zero-order valence-corrected chi connectivity index (χ0v) is 12.7. The van der Waals surface area contributed by atoms with E-state index in [1.807, 2.05) is 6.07 Å². The first-order valence-corrected chi connectivity index (χ1v) is 6.92. The fourth-order valence-corrected chi connectivity index (χ4v) is 2.25. The van der Waals surface area contributed by atoms with Gasteiger partial charge in [-0.3, -0.25) is 9.59 Å². The van der Waals surface area contributed by atoms with Crippen molar-refractivity contribution >= 4 is 34.4 Å². The molecule has 112 valence electrons. The third-order valence-electron chi connectivity index (χ3n) is 3.62. The lowest BCUT2D eigenvalue weighted by Gasteiger charge is -2.17. The van der Waals surface area contributed by atoms with Crippen LogP contribution in [0.3, 0.4) is 0 Å². The van der Waals surface area contributed by atoms with Gasteiger partial charge in [0.15, 0.2) is 11.3 Å². The van der Waals surface area contributed by atoms with Gasteiger partial charge in [0.25, 0.3) is 5.91 Å². The summed E-state index contributed by atoms with van der Waals surface area (Å²) >= 11 is 6.04. The molecule has 0 fully saturated rings. The molecular formula is C15H16ClNO4. The summed E-state index contributed by atoms with van der Waals surface area (Å²) in [4.78, 5) is 23.2. The van der Waals surface area contributed by atoms with E-state index in [1.165, 1.54) is 6.92 Å². The number of carbonyl (C=O) groups is 2. The number of fused-ring (bicyclic) bond motifs is 1. The third kappa shape index (κ3) is 2.88.